The summed E-state index contributed by atoms with van der Waals surface area (Å²) in [6, 6.07) is 8.89. The van der Waals surface area contributed by atoms with Crippen LogP contribution in [-0.4, -0.2) is 30.6 Å². The van der Waals surface area contributed by atoms with Crippen LogP contribution in [-0.2, 0) is 6.54 Å². The molecule has 0 saturated carbocycles. The molecule has 2 nitrogen and oxygen atoms in total. The number of benzene rings is 1. The number of hydrogen-bond acceptors (Lipinski definition) is 2. The third kappa shape index (κ3) is 3.19. The Morgan fingerprint density at radius 2 is 2.30 bits per heavy atom. The average molecular weight is 293 g/mol. The highest BCUT2D eigenvalue weighted by atomic mass is 35.5. The zero-order valence-electron chi connectivity index (χ0n) is 12.3. The largest absolute Gasteiger partial charge is 0.311 e. The van der Waals surface area contributed by atoms with E-state index >= 15 is 0 Å². The molecule has 3 saturated heterocycles. The summed E-state index contributed by atoms with van der Waals surface area (Å²) < 4.78 is 0. The number of fused-ring (bicyclic) bond motifs is 3. The number of hydrogen-bond donors (Lipinski definition) is 1. The molecule has 0 aliphatic carbocycles. The molecule has 0 spiro atoms. The van der Waals surface area contributed by atoms with Crippen molar-refractivity contribution >= 4 is 11.6 Å². The van der Waals surface area contributed by atoms with Crippen LogP contribution < -0.4 is 5.32 Å². The van der Waals surface area contributed by atoms with Crippen LogP contribution in [0.25, 0.3) is 0 Å². The highest BCUT2D eigenvalue weighted by Gasteiger charge is 2.38. The van der Waals surface area contributed by atoms with Crippen molar-refractivity contribution in [2.45, 2.75) is 38.8 Å². The molecule has 0 amide bonds. The third-order valence-electron chi connectivity index (χ3n) is 5.14. The molecule has 2 bridgehead atoms. The van der Waals surface area contributed by atoms with E-state index in [-0.39, 0.29) is 0 Å². The third-order valence-corrected chi connectivity index (χ3v) is 5.37. The maximum atomic E-state index is 6.02. The first-order valence-corrected chi connectivity index (χ1v) is 8.33. The molecule has 0 aromatic heterocycles. The van der Waals surface area contributed by atoms with Crippen LogP contribution >= 0.6 is 11.6 Å². The van der Waals surface area contributed by atoms with E-state index in [9.17, 15) is 0 Å². The van der Waals surface area contributed by atoms with Gasteiger partial charge in [-0.15, -0.1) is 0 Å². The minimum Gasteiger partial charge on any atom is -0.311 e. The molecule has 3 aliphatic heterocycles. The molecule has 1 N–H and O–H groups in total. The molecule has 0 radical (unpaired) electrons. The van der Waals surface area contributed by atoms with Crippen LogP contribution in [0.15, 0.2) is 24.3 Å². The van der Waals surface area contributed by atoms with Gasteiger partial charge in [0.2, 0.25) is 0 Å². The van der Waals surface area contributed by atoms with E-state index in [2.05, 4.69) is 29.3 Å². The van der Waals surface area contributed by atoms with Gasteiger partial charge in [-0.3, -0.25) is 4.90 Å². The van der Waals surface area contributed by atoms with E-state index in [1.807, 2.05) is 12.1 Å². The van der Waals surface area contributed by atoms with E-state index in [4.69, 9.17) is 11.6 Å². The highest BCUT2D eigenvalue weighted by molar-refractivity contribution is 6.30. The van der Waals surface area contributed by atoms with Gasteiger partial charge in [0.15, 0.2) is 0 Å². The minimum atomic E-state index is 0.746. The van der Waals surface area contributed by atoms with E-state index in [0.717, 1.165) is 36.0 Å². The Labute approximate surface area is 127 Å². The van der Waals surface area contributed by atoms with Crippen LogP contribution in [0.2, 0.25) is 5.02 Å². The van der Waals surface area contributed by atoms with Gasteiger partial charge in [0.1, 0.15) is 0 Å². The van der Waals surface area contributed by atoms with Gasteiger partial charge in [-0.2, -0.15) is 0 Å². The van der Waals surface area contributed by atoms with Crippen molar-refractivity contribution in [3.63, 3.8) is 0 Å². The van der Waals surface area contributed by atoms with E-state index in [0.29, 0.717) is 0 Å². The van der Waals surface area contributed by atoms with E-state index in [1.54, 1.807) is 0 Å². The summed E-state index contributed by atoms with van der Waals surface area (Å²) in [5.41, 5.74) is 1.28. The molecule has 3 heteroatoms. The van der Waals surface area contributed by atoms with Crippen LogP contribution in [0, 0.1) is 11.8 Å². The van der Waals surface area contributed by atoms with Crippen LogP contribution in [0.1, 0.15) is 31.7 Å². The van der Waals surface area contributed by atoms with Gasteiger partial charge in [0, 0.05) is 30.7 Å². The smallest absolute Gasteiger partial charge is 0.0409 e. The lowest BCUT2D eigenvalue weighted by Crippen LogP contribution is -2.56. The van der Waals surface area contributed by atoms with Crippen molar-refractivity contribution in [1.82, 2.24) is 10.2 Å². The van der Waals surface area contributed by atoms with Gasteiger partial charge in [0.25, 0.3) is 0 Å². The lowest BCUT2D eigenvalue weighted by atomic mass is 9.74. The van der Waals surface area contributed by atoms with Crippen molar-refractivity contribution in [3.8, 4) is 0 Å². The molecule has 1 aromatic carbocycles. The topological polar surface area (TPSA) is 15.3 Å². The number of halogens is 1. The number of piperidine rings is 3. The molecule has 4 atom stereocenters. The van der Waals surface area contributed by atoms with Crippen LogP contribution in [0.3, 0.4) is 0 Å². The Balaban J connectivity index is 1.48. The van der Waals surface area contributed by atoms with E-state index in [1.165, 1.54) is 37.9 Å². The van der Waals surface area contributed by atoms with Gasteiger partial charge in [-0.05, 0) is 48.9 Å². The van der Waals surface area contributed by atoms with Crippen molar-refractivity contribution in [2.24, 2.45) is 11.8 Å². The molecule has 4 rings (SSSR count). The fraction of sp³-hybridized carbons (Fsp3) is 0.647. The van der Waals surface area contributed by atoms with Crippen molar-refractivity contribution < 1.29 is 0 Å². The van der Waals surface area contributed by atoms with E-state index < -0.39 is 0 Å². The Hall–Kier alpha value is -0.570. The quantitative estimate of drug-likeness (QED) is 0.893. The van der Waals surface area contributed by atoms with Gasteiger partial charge in [0.05, 0.1) is 0 Å². The van der Waals surface area contributed by atoms with Crippen molar-refractivity contribution in [2.75, 3.05) is 19.6 Å². The summed E-state index contributed by atoms with van der Waals surface area (Å²) in [7, 11) is 0. The standard InChI is InChI=1S/C17H25ClN2/c1-2-14-12-20-7-6-15(14)9-17(20)11-19-10-13-4-3-5-16(18)8-13/h3-5,8,14-15,17,19H,2,6-7,9-12H2,1H3/t14-,15+,17-/m1/s1. The van der Waals surface area contributed by atoms with Crippen molar-refractivity contribution in [3.05, 3.63) is 34.9 Å². The second kappa shape index (κ2) is 6.46. The highest BCUT2D eigenvalue weighted by Crippen LogP contribution is 2.37. The summed E-state index contributed by atoms with van der Waals surface area (Å²) in [4.78, 5) is 2.71. The Kier molecular flexibility index (Phi) is 4.65. The van der Waals surface area contributed by atoms with Crippen LogP contribution in [0.4, 0.5) is 0 Å². The molecule has 1 unspecified atom stereocenters. The Morgan fingerprint density at radius 3 is 3.00 bits per heavy atom. The first-order chi connectivity index (χ1) is 9.76. The average Bonchev–Trinajstić information content (AvgIpc) is 2.48. The zero-order chi connectivity index (χ0) is 13.9. The second-order valence-corrected chi connectivity index (χ2v) is 6.80. The van der Waals surface area contributed by atoms with Crippen molar-refractivity contribution in [1.29, 1.82) is 0 Å². The van der Waals surface area contributed by atoms with Gasteiger partial charge in [-0.1, -0.05) is 37.1 Å². The summed E-state index contributed by atoms with van der Waals surface area (Å²) in [6.45, 7) is 7.01. The molecular weight excluding hydrogens is 268 g/mol. The van der Waals surface area contributed by atoms with Gasteiger partial charge in [-0.25, -0.2) is 0 Å². The predicted octanol–water partition coefficient (Wildman–Crippen LogP) is 3.55. The predicted molar refractivity (Wildman–Crippen MR) is 85.0 cm³/mol. The fourth-order valence-electron chi connectivity index (χ4n) is 3.95. The maximum absolute atomic E-state index is 6.02. The molecule has 1 aromatic rings. The summed E-state index contributed by atoms with van der Waals surface area (Å²) in [5, 5.41) is 4.45. The second-order valence-electron chi connectivity index (χ2n) is 6.36. The monoisotopic (exact) mass is 292 g/mol. The van der Waals surface area contributed by atoms with Gasteiger partial charge >= 0.3 is 0 Å². The molecule has 3 aliphatic rings. The molecule has 20 heavy (non-hydrogen) atoms. The summed E-state index contributed by atoms with van der Waals surface area (Å²) >= 11 is 6.02. The number of rotatable bonds is 5. The molecular formula is C17H25ClN2. The summed E-state index contributed by atoms with van der Waals surface area (Å²) in [6.07, 6.45) is 4.16. The number of nitrogens with zero attached hydrogens (tertiary/aromatic N) is 1. The lowest BCUT2D eigenvalue weighted by Gasteiger charge is -2.50. The summed E-state index contributed by atoms with van der Waals surface area (Å²) in [5.74, 6) is 1.93. The first kappa shape index (κ1) is 14.4. The zero-order valence-corrected chi connectivity index (χ0v) is 13.1. The minimum absolute atomic E-state index is 0.746. The Bertz CT molecular complexity index is 448. The molecule has 3 fully saturated rings. The normalized spacial score (nSPS) is 32.5. The number of nitrogens with one attached hydrogen (secondary N) is 1. The Morgan fingerprint density at radius 1 is 1.40 bits per heavy atom. The SMILES string of the molecule is CC[C@@H]1CN2CC[C@H]1C[C@@H]2CNCc1cccc(Cl)c1. The molecule has 3 heterocycles. The molecule has 110 valence electrons. The fourth-order valence-corrected chi connectivity index (χ4v) is 4.17. The first-order valence-electron chi connectivity index (χ1n) is 7.95. The maximum Gasteiger partial charge on any atom is 0.0409 e. The van der Waals surface area contributed by atoms with Crippen LogP contribution in [0.5, 0.6) is 0 Å². The van der Waals surface area contributed by atoms with Gasteiger partial charge < -0.3 is 5.32 Å². The lowest BCUT2D eigenvalue weighted by molar-refractivity contribution is 0.000333.